The van der Waals surface area contributed by atoms with Gasteiger partial charge in [-0.25, -0.2) is 19.2 Å². The second-order valence-corrected chi connectivity index (χ2v) is 24.6. The van der Waals surface area contributed by atoms with Crippen molar-refractivity contribution in [1.82, 2.24) is 0 Å². The number of hydrogen-bond acceptors (Lipinski definition) is 12. The Morgan fingerprint density at radius 2 is 0.355 bits per heavy atom. The molecule has 0 saturated heterocycles. The third-order valence-electron chi connectivity index (χ3n) is 20.6. The summed E-state index contributed by atoms with van der Waals surface area (Å²) in [5.74, 6) is 0.940. The molecular weight excluding hydrogens is 1160 g/mol. The first-order valence-corrected chi connectivity index (χ1v) is 30.8. The highest BCUT2D eigenvalue weighted by Gasteiger charge is 2.62. The molecule has 13 heteroatoms. The van der Waals surface area contributed by atoms with E-state index < -0.39 is 52.4 Å². The van der Waals surface area contributed by atoms with Crippen molar-refractivity contribution in [2.24, 2.45) is 0 Å². The monoisotopic (exact) mass is 1210 g/mol. The molecule has 4 spiro atoms. The normalized spacial score (nSPS) is 16.9. The molecule has 0 amide bonds. The van der Waals surface area contributed by atoms with E-state index in [1.807, 2.05) is 267 Å². The maximum absolute atomic E-state index is 16.6. The van der Waals surface area contributed by atoms with E-state index in [1.165, 1.54) is 0 Å². The van der Waals surface area contributed by atoms with Crippen LogP contribution in [0.4, 0.5) is 0 Å². The molecule has 440 valence electrons. The zero-order valence-electron chi connectivity index (χ0n) is 48.9. The average molecular weight is 1210 g/mol. The van der Waals surface area contributed by atoms with E-state index in [9.17, 15) is 0 Å². The van der Waals surface area contributed by atoms with Gasteiger partial charge in [-0.2, -0.15) is 21.9 Å². The fraction of sp³-hybridized carbons (Fsp3) is 0.0500. The molecular formula is C80H44BO12-. The Balaban J connectivity index is 0.994. The largest absolute Gasteiger partial charge is 0.456 e. The molecule has 0 aromatic heterocycles. The predicted molar refractivity (Wildman–Crippen MR) is 343 cm³/mol. The van der Waals surface area contributed by atoms with Crippen molar-refractivity contribution in [2.45, 2.75) is 22.4 Å². The molecule has 0 fully saturated rings. The maximum Gasteiger partial charge on any atom is 0.336 e. The van der Waals surface area contributed by atoms with E-state index in [0.717, 1.165) is 0 Å². The second kappa shape index (κ2) is 18.0. The zero-order valence-corrected chi connectivity index (χ0v) is 48.9. The summed E-state index contributed by atoms with van der Waals surface area (Å²) >= 11 is 0. The van der Waals surface area contributed by atoms with E-state index in [4.69, 9.17) is 37.9 Å². The number of rotatable bonds is 4. The molecule has 8 heterocycles. The van der Waals surface area contributed by atoms with E-state index in [0.29, 0.717) is 135 Å². The van der Waals surface area contributed by atoms with Gasteiger partial charge in [0.05, 0.1) is 0 Å². The van der Waals surface area contributed by atoms with Gasteiger partial charge in [0.15, 0.2) is 22.4 Å². The first-order chi connectivity index (χ1) is 45.7. The standard InChI is InChI=1S/C80H44BO12/c82-73-69-53(77(90-73)45-21-1-9-37-61(45)86-62-38-10-2-22-46(62)77)29-17-33-57(69)81(58-34-18-30-54-70(58)74(83)91-78(54)47-23-3-11-39-63(47)87-64-40-12-4-24-48(64)78,59-35-19-31-55-71(59)75(84)92-79(55)49-25-5-13-41-65(49)88-66-42-14-6-26-50(66)79)60-36-20-32-56-72(60)76(85)93-80(56)51-27-7-15-43-67(51)89-68-44-16-8-28-52(68)80/h1-44H/q-1. The summed E-state index contributed by atoms with van der Waals surface area (Å²) in [6, 6.07) is 82.5. The van der Waals surface area contributed by atoms with E-state index in [2.05, 4.69) is 0 Å². The molecule has 0 saturated carbocycles. The number of ether oxygens (including phenoxy) is 8. The molecule has 0 atom stereocenters. The van der Waals surface area contributed by atoms with Gasteiger partial charge in [-0.1, -0.05) is 218 Å². The zero-order chi connectivity index (χ0) is 61.7. The van der Waals surface area contributed by atoms with Crippen LogP contribution in [0.25, 0.3) is 0 Å². The van der Waals surface area contributed by atoms with Crippen molar-refractivity contribution in [3.63, 3.8) is 0 Å². The van der Waals surface area contributed by atoms with Crippen LogP contribution in [0.15, 0.2) is 267 Å². The van der Waals surface area contributed by atoms with Gasteiger partial charge < -0.3 is 37.9 Å². The van der Waals surface area contributed by atoms with Crippen molar-refractivity contribution >= 4 is 51.9 Å². The topological polar surface area (TPSA) is 142 Å². The molecule has 0 N–H and O–H groups in total. The summed E-state index contributed by atoms with van der Waals surface area (Å²) in [5.41, 5.74) is 1.66. The first kappa shape index (κ1) is 51.6. The van der Waals surface area contributed by atoms with Crippen molar-refractivity contribution in [3.8, 4) is 46.0 Å². The van der Waals surface area contributed by atoms with Crippen LogP contribution >= 0.6 is 0 Å². The van der Waals surface area contributed by atoms with Crippen molar-refractivity contribution in [1.29, 1.82) is 0 Å². The van der Waals surface area contributed by atoms with Gasteiger partial charge in [0, 0.05) is 89.0 Å². The minimum absolute atomic E-state index is 0.130. The molecule has 0 bridgehead atoms. The smallest absolute Gasteiger partial charge is 0.336 e. The Bertz CT molecular complexity index is 4600. The number of para-hydroxylation sites is 8. The van der Waals surface area contributed by atoms with Gasteiger partial charge in [-0.3, -0.25) is 0 Å². The molecule has 12 nitrogen and oxygen atoms in total. The minimum Gasteiger partial charge on any atom is -0.456 e. The number of fused-ring (bicyclic) bond motifs is 24. The van der Waals surface area contributed by atoms with Gasteiger partial charge in [-0.15, -0.1) is 0 Å². The molecule has 0 unspecified atom stereocenters. The quantitative estimate of drug-likeness (QED) is 0.0940. The van der Waals surface area contributed by atoms with Crippen LogP contribution in [-0.4, -0.2) is 30.0 Å². The maximum atomic E-state index is 16.6. The lowest BCUT2D eigenvalue weighted by Crippen LogP contribution is -2.78. The predicted octanol–water partition coefficient (Wildman–Crippen LogP) is 13.3. The number of carbonyl (C=O) groups is 4. The van der Waals surface area contributed by atoms with Crippen molar-refractivity contribution in [2.75, 3.05) is 0 Å². The number of benzene rings is 12. The summed E-state index contributed by atoms with van der Waals surface area (Å²) in [7, 11) is 0. The Labute approximate surface area is 530 Å². The third-order valence-corrected chi connectivity index (χ3v) is 20.6. The van der Waals surface area contributed by atoms with Crippen molar-refractivity contribution < 1.29 is 57.1 Å². The lowest BCUT2D eigenvalue weighted by molar-refractivity contribution is 0.0215. The molecule has 93 heavy (non-hydrogen) atoms. The molecule has 12 aromatic rings. The van der Waals surface area contributed by atoms with Gasteiger partial charge >= 0.3 is 23.9 Å². The Kier molecular flexibility index (Phi) is 10.0. The van der Waals surface area contributed by atoms with Crippen LogP contribution in [0.5, 0.6) is 46.0 Å². The molecule has 0 radical (unpaired) electrons. The molecule has 12 aromatic carbocycles. The lowest BCUT2D eigenvalue weighted by Gasteiger charge is -2.47. The molecule has 8 aliphatic heterocycles. The average Bonchev–Trinajstić information content (AvgIpc) is 1.62. The summed E-state index contributed by atoms with van der Waals surface area (Å²) in [4.78, 5) is 66.4. The van der Waals surface area contributed by atoms with Gasteiger partial charge in [0.1, 0.15) is 52.1 Å². The van der Waals surface area contributed by atoms with Crippen LogP contribution in [0.1, 0.15) is 108 Å². The molecule has 0 aliphatic carbocycles. The van der Waals surface area contributed by atoms with Crippen LogP contribution in [0.3, 0.4) is 0 Å². The van der Waals surface area contributed by atoms with Crippen LogP contribution in [0, 0.1) is 0 Å². The number of esters is 4. The highest BCUT2D eigenvalue weighted by molar-refractivity contribution is 7.21. The highest BCUT2D eigenvalue weighted by Crippen LogP contribution is 2.61. The highest BCUT2D eigenvalue weighted by atomic mass is 16.6. The van der Waals surface area contributed by atoms with Gasteiger partial charge in [0.2, 0.25) is 0 Å². The van der Waals surface area contributed by atoms with Gasteiger partial charge in [0.25, 0.3) is 0 Å². The van der Waals surface area contributed by atoms with Crippen LogP contribution < -0.4 is 40.8 Å². The molecule has 20 rings (SSSR count). The second-order valence-electron chi connectivity index (χ2n) is 24.6. The summed E-state index contributed by atoms with van der Waals surface area (Å²) in [6.45, 7) is 0. The van der Waals surface area contributed by atoms with Crippen molar-refractivity contribution in [3.05, 3.63) is 356 Å². The van der Waals surface area contributed by atoms with Gasteiger partial charge in [-0.05, 0) is 48.5 Å². The summed E-state index contributed by atoms with van der Waals surface area (Å²) < 4.78 is 55.3. The Hall–Kier alpha value is -12.2. The number of carbonyl (C=O) groups excluding carboxylic acids is 4. The minimum atomic E-state index is -3.48. The molecule has 8 aliphatic rings. The van der Waals surface area contributed by atoms with E-state index >= 15 is 19.2 Å². The summed E-state index contributed by atoms with van der Waals surface area (Å²) in [5, 5.41) is 0. The Morgan fingerprint density at radius 1 is 0.194 bits per heavy atom. The fourth-order valence-corrected chi connectivity index (χ4v) is 17.2. The Morgan fingerprint density at radius 3 is 0.538 bits per heavy atom. The van der Waals surface area contributed by atoms with E-state index in [-0.39, 0.29) is 22.3 Å². The van der Waals surface area contributed by atoms with Crippen LogP contribution in [0.2, 0.25) is 0 Å². The third kappa shape index (κ3) is 6.17. The lowest BCUT2D eigenvalue weighted by atomic mass is 9.11. The first-order valence-electron chi connectivity index (χ1n) is 30.8. The van der Waals surface area contributed by atoms with Crippen LogP contribution in [-0.2, 0) is 41.4 Å². The number of hydrogen-bond donors (Lipinski definition) is 0. The fourth-order valence-electron chi connectivity index (χ4n) is 17.2. The summed E-state index contributed by atoms with van der Waals surface area (Å²) in [6.07, 6.45) is -3.48. The SMILES string of the molecule is O=C1OC2(c3ccccc3Oc3ccccc32)c2cccc([B-](c3cccc4c3C(=O)OC43c4ccccc4Oc4ccccc43)(c3cccc4c3C(=O)OC43c4ccccc4Oc4ccccc43)c3cccc4c3C(=O)OC43c4ccccc4Oc4ccccc43)c21. The van der Waals surface area contributed by atoms with E-state index in [1.54, 1.807) is 0 Å².